The third-order valence-corrected chi connectivity index (χ3v) is 6.66. The number of nitrogens with one attached hydrogen (secondary N) is 1. The topological polar surface area (TPSA) is 87.7 Å². The van der Waals surface area contributed by atoms with Crippen molar-refractivity contribution in [1.82, 2.24) is 14.9 Å². The Hall–Kier alpha value is -3.94. The Morgan fingerprint density at radius 2 is 1.69 bits per heavy atom. The molecule has 0 atom stereocenters. The molecule has 2 aliphatic heterocycles. The zero-order chi connectivity index (χ0) is 24.9. The molecule has 2 aromatic carbocycles. The quantitative estimate of drug-likeness (QED) is 0.517. The highest BCUT2D eigenvalue weighted by atomic mass is 16.5. The van der Waals surface area contributed by atoms with Crippen molar-refractivity contribution in [3.8, 4) is 11.4 Å². The van der Waals surface area contributed by atoms with Crippen molar-refractivity contribution in [3.63, 3.8) is 0 Å². The Labute approximate surface area is 211 Å². The van der Waals surface area contributed by atoms with Gasteiger partial charge in [-0.25, -0.2) is 19.6 Å². The highest BCUT2D eigenvalue weighted by molar-refractivity contribution is 5.92. The summed E-state index contributed by atoms with van der Waals surface area (Å²) in [4.78, 5) is 39.1. The fourth-order valence-electron chi connectivity index (χ4n) is 4.76. The Morgan fingerprint density at radius 1 is 0.944 bits per heavy atom. The SMILES string of the molecule is CCOC(=O)c1ccc(NC(=O)N2CCc3nc(-c4ccccc4)nc(N4CCCCC4)c3C2)cc1. The fraction of sp³-hybridized carbons (Fsp3) is 0.357. The van der Waals surface area contributed by atoms with E-state index < -0.39 is 0 Å². The molecule has 5 rings (SSSR count). The molecule has 0 bridgehead atoms. The standard InChI is InChI=1S/C28H31N5O3/c1-2-36-27(34)21-11-13-22(14-12-21)29-28(35)33-18-15-24-23(19-33)26(32-16-7-4-8-17-32)31-25(30-24)20-9-5-3-6-10-20/h3,5-6,9-14H,2,4,7-8,15-19H2,1H3,(H,29,35). The second-order valence-corrected chi connectivity index (χ2v) is 9.11. The van der Waals surface area contributed by atoms with Crippen LogP contribution in [0.5, 0.6) is 0 Å². The molecule has 3 heterocycles. The number of piperidine rings is 1. The molecule has 36 heavy (non-hydrogen) atoms. The van der Waals surface area contributed by atoms with E-state index in [1.807, 2.05) is 30.3 Å². The minimum absolute atomic E-state index is 0.179. The maximum Gasteiger partial charge on any atom is 0.338 e. The molecular formula is C28H31N5O3. The summed E-state index contributed by atoms with van der Waals surface area (Å²) in [7, 11) is 0. The number of benzene rings is 2. The first kappa shape index (κ1) is 23.8. The molecule has 186 valence electrons. The van der Waals surface area contributed by atoms with Crippen LogP contribution in [-0.2, 0) is 17.7 Å². The number of hydrogen-bond acceptors (Lipinski definition) is 6. The second-order valence-electron chi connectivity index (χ2n) is 9.11. The average molecular weight is 486 g/mol. The zero-order valence-corrected chi connectivity index (χ0v) is 20.6. The first-order valence-corrected chi connectivity index (χ1v) is 12.7. The van der Waals surface area contributed by atoms with Crippen LogP contribution in [0, 0.1) is 0 Å². The monoisotopic (exact) mass is 485 g/mol. The number of fused-ring (bicyclic) bond motifs is 1. The van der Waals surface area contributed by atoms with Crippen LogP contribution in [0.15, 0.2) is 54.6 Å². The lowest BCUT2D eigenvalue weighted by Gasteiger charge is -2.34. The van der Waals surface area contributed by atoms with Gasteiger partial charge in [-0.05, 0) is 50.5 Å². The number of amides is 2. The smallest absolute Gasteiger partial charge is 0.338 e. The number of carbonyl (C=O) groups excluding carboxylic acids is 2. The van der Waals surface area contributed by atoms with Crippen molar-refractivity contribution in [3.05, 3.63) is 71.4 Å². The van der Waals surface area contributed by atoms with Gasteiger partial charge in [0.2, 0.25) is 0 Å². The summed E-state index contributed by atoms with van der Waals surface area (Å²) >= 11 is 0. The molecule has 1 fully saturated rings. The minimum Gasteiger partial charge on any atom is -0.462 e. The fourth-order valence-corrected chi connectivity index (χ4v) is 4.76. The van der Waals surface area contributed by atoms with E-state index in [0.29, 0.717) is 37.4 Å². The summed E-state index contributed by atoms with van der Waals surface area (Å²) in [6, 6.07) is 16.7. The molecule has 1 saturated heterocycles. The first-order valence-electron chi connectivity index (χ1n) is 12.7. The molecule has 2 aliphatic rings. The van der Waals surface area contributed by atoms with Gasteiger partial charge in [-0.2, -0.15) is 0 Å². The number of rotatable bonds is 5. The summed E-state index contributed by atoms with van der Waals surface area (Å²) in [6.07, 6.45) is 4.20. The van der Waals surface area contributed by atoms with Gasteiger partial charge in [0.05, 0.1) is 24.4 Å². The van der Waals surface area contributed by atoms with Gasteiger partial charge in [-0.15, -0.1) is 0 Å². The third-order valence-electron chi connectivity index (χ3n) is 6.66. The lowest BCUT2D eigenvalue weighted by atomic mass is 10.0. The molecule has 1 N–H and O–H groups in total. The van der Waals surface area contributed by atoms with Gasteiger partial charge in [-0.3, -0.25) is 0 Å². The maximum atomic E-state index is 13.1. The maximum absolute atomic E-state index is 13.1. The van der Waals surface area contributed by atoms with E-state index in [0.717, 1.165) is 54.4 Å². The predicted molar refractivity (Wildman–Crippen MR) is 139 cm³/mol. The average Bonchev–Trinajstić information content (AvgIpc) is 2.93. The summed E-state index contributed by atoms with van der Waals surface area (Å²) in [5.74, 6) is 1.33. The first-order chi connectivity index (χ1) is 17.6. The van der Waals surface area contributed by atoms with E-state index >= 15 is 0 Å². The van der Waals surface area contributed by atoms with Gasteiger partial charge in [0, 0.05) is 42.9 Å². The Kier molecular flexibility index (Phi) is 7.11. The highest BCUT2D eigenvalue weighted by Gasteiger charge is 2.28. The third kappa shape index (κ3) is 5.17. The van der Waals surface area contributed by atoms with Crippen molar-refractivity contribution in [1.29, 1.82) is 0 Å². The van der Waals surface area contributed by atoms with Gasteiger partial charge in [0.25, 0.3) is 0 Å². The molecule has 0 radical (unpaired) electrons. The predicted octanol–water partition coefficient (Wildman–Crippen LogP) is 4.90. The normalized spacial score (nSPS) is 15.2. The highest BCUT2D eigenvalue weighted by Crippen LogP contribution is 2.31. The van der Waals surface area contributed by atoms with E-state index in [4.69, 9.17) is 14.7 Å². The zero-order valence-electron chi connectivity index (χ0n) is 20.6. The van der Waals surface area contributed by atoms with Gasteiger partial charge >= 0.3 is 12.0 Å². The molecule has 3 aromatic rings. The Bertz CT molecular complexity index is 1220. The van der Waals surface area contributed by atoms with Gasteiger partial charge in [0.1, 0.15) is 5.82 Å². The van der Waals surface area contributed by atoms with Crippen molar-refractivity contribution in [2.75, 3.05) is 36.5 Å². The van der Waals surface area contributed by atoms with Crippen molar-refractivity contribution in [2.24, 2.45) is 0 Å². The lowest BCUT2D eigenvalue weighted by molar-refractivity contribution is 0.0526. The molecule has 8 heteroatoms. The van der Waals surface area contributed by atoms with Gasteiger partial charge in [-0.1, -0.05) is 30.3 Å². The van der Waals surface area contributed by atoms with Crippen molar-refractivity contribution in [2.45, 2.75) is 39.2 Å². The van der Waals surface area contributed by atoms with Crippen molar-refractivity contribution < 1.29 is 14.3 Å². The van der Waals surface area contributed by atoms with Crippen LogP contribution in [0.3, 0.4) is 0 Å². The summed E-state index contributed by atoms with van der Waals surface area (Å²) in [5, 5.41) is 2.96. The van der Waals surface area contributed by atoms with Gasteiger partial charge in [0.15, 0.2) is 5.82 Å². The Balaban J connectivity index is 1.36. The molecule has 2 amide bonds. The van der Waals surface area contributed by atoms with Crippen LogP contribution in [0.25, 0.3) is 11.4 Å². The molecule has 1 aromatic heterocycles. The van der Waals surface area contributed by atoms with Crippen LogP contribution in [0.1, 0.15) is 47.8 Å². The largest absolute Gasteiger partial charge is 0.462 e. The number of urea groups is 1. The molecular weight excluding hydrogens is 454 g/mol. The van der Waals surface area contributed by atoms with Crippen LogP contribution in [-0.4, -0.2) is 53.1 Å². The lowest BCUT2D eigenvalue weighted by Crippen LogP contribution is -2.41. The van der Waals surface area contributed by atoms with Crippen LogP contribution in [0.4, 0.5) is 16.3 Å². The number of ether oxygens (including phenoxy) is 1. The van der Waals surface area contributed by atoms with E-state index in [9.17, 15) is 9.59 Å². The molecule has 0 unspecified atom stereocenters. The number of carbonyl (C=O) groups is 2. The van der Waals surface area contributed by atoms with E-state index in [1.54, 1.807) is 36.1 Å². The van der Waals surface area contributed by atoms with Crippen LogP contribution in [0.2, 0.25) is 0 Å². The van der Waals surface area contributed by atoms with Crippen LogP contribution >= 0.6 is 0 Å². The summed E-state index contributed by atoms with van der Waals surface area (Å²) in [6.45, 7) is 5.07. The molecule has 0 spiro atoms. The van der Waals surface area contributed by atoms with E-state index in [1.165, 1.54) is 6.42 Å². The number of esters is 1. The second kappa shape index (κ2) is 10.8. The molecule has 0 aliphatic carbocycles. The number of nitrogens with zero attached hydrogens (tertiary/aromatic N) is 4. The number of anilines is 2. The number of hydrogen-bond donors (Lipinski definition) is 1. The minimum atomic E-state index is -0.372. The summed E-state index contributed by atoms with van der Waals surface area (Å²) < 4.78 is 5.02. The summed E-state index contributed by atoms with van der Waals surface area (Å²) in [5.41, 5.74) is 4.15. The Morgan fingerprint density at radius 3 is 2.42 bits per heavy atom. The van der Waals surface area contributed by atoms with Gasteiger partial charge < -0.3 is 19.9 Å². The van der Waals surface area contributed by atoms with Crippen LogP contribution < -0.4 is 10.2 Å². The van der Waals surface area contributed by atoms with E-state index in [2.05, 4.69) is 10.2 Å². The molecule has 8 nitrogen and oxygen atoms in total. The molecule has 0 saturated carbocycles. The van der Waals surface area contributed by atoms with E-state index in [-0.39, 0.29) is 12.0 Å². The number of aromatic nitrogens is 2. The van der Waals surface area contributed by atoms with Crippen molar-refractivity contribution >= 4 is 23.5 Å².